The molecule has 8 nitrogen and oxygen atoms in total. The molecule has 0 aliphatic carbocycles. The van der Waals surface area contributed by atoms with Crippen molar-refractivity contribution < 1.29 is 38.0 Å². The van der Waals surface area contributed by atoms with E-state index in [4.69, 9.17) is 28.4 Å². The fourth-order valence-corrected chi connectivity index (χ4v) is 6.86. The molecule has 0 bridgehead atoms. The Morgan fingerprint density at radius 2 is 0.945 bits per heavy atom. The molecule has 0 fully saturated rings. The van der Waals surface area contributed by atoms with E-state index >= 15 is 0 Å². The minimum atomic E-state index is -1.41. The number of aldehydes is 1. The molecule has 0 amide bonds. The SMILES string of the molecule is O=Cc1cc(OC(=O)c2cc(OCc3ccccc3)c3c(c2)OC(c2ccccc2)(c2ccccc2)O3)c2c(c1)OC(c1ccccc1)(c1ccccc1)O2. The molecule has 8 heteroatoms. The van der Waals surface area contributed by atoms with Crippen molar-refractivity contribution >= 4 is 12.3 Å². The Hall–Kier alpha value is -7.32. The molecule has 9 rings (SSSR count). The van der Waals surface area contributed by atoms with Crippen LogP contribution in [0.5, 0.6) is 34.5 Å². The molecular weight excluding hydrogens is 693 g/mol. The normalized spacial score (nSPS) is 14.2. The largest absolute Gasteiger partial charge is 0.485 e. The lowest BCUT2D eigenvalue weighted by molar-refractivity contribution is -0.0470. The quantitative estimate of drug-likeness (QED) is 0.0783. The van der Waals surface area contributed by atoms with Crippen LogP contribution in [0.2, 0.25) is 0 Å². The summed E-state index contributed by atoms with van der Waals surface area (Å²) in [7, 11) is 0. The lowest BCUT2D eigenvalue weighted by Crippen LogP contribution is -2.36. The molecule has 268 valence electrons. The fraction of sp³-hybridized carbons (Fsp3) is 0.0638. The monoisotopic (exact) mass is 724 g/mol. The first kappa shape index (κ1) is 33.5. The van der Waals surface area contributed by atoms with Crippen molar-refractivity contribution in [3.8, 4) is 34.5 Å². The van der Waals surface area contributed by atoms with E-state index in [1.54, 1.807) is 18.2 Å². The van der Waals surface area contributed by atoms with Crippen LogP contribution in [0.3, 0.4) is 0 Å². The van der Waals surface area contributed by atoms with E-state index in [1.807, 2.05) is 152 Å². The smallest absolute Gasteiger partial charge is 0.343 e. The molecule has 7 aromatic rings. The van der Waals surface area contributed by atoms with Crippen LogP contribution in [0.15, 0.2) is 176 Å². The molecule has 0 saturated carbocycles. The van der Waals surface area contributed by atoms with E-state index in [-0.39, 0.29) is 46.5 Å². The molecule has 2 aliphatic rings. The third kappa shape index (κ3) is 6.09. The molecule has 0 spiro atoms. The number of ether oxygens (including phenoxy) is 6. The molecule has 0 aromatic heterocycles. The molecule has 0 atom stereocenters. The number of rotatable bonds is 10. The van der Waals surface area contributed by atoms with Crippen LogP contribution < -0.4 is 28.4 Å². The first-order valence-electron chi connectivity index (χ1n) is 17.7. The van der Waals surface area contributed by atoms with Gasteiger partial charge in [0, 0.05) is 27.8 Å². The molecule has 2 aliphatic heterocycles. The van der Waals surface area contributed by atoms with Gasteiger partial charge in [0.1, 0.15) is 12.9 Å². The topological polar surface area (TPSA) is 89.5 Å². The standard InChI is InChI=1S/C47H32O8/c48-30-33-26-40(44-41(27-33)52-46(55-44,35-18-8-2-9-19-35)36-20-10-3-11-21-36)51-45(49)34-28-39(50-31-32-16-6-1-7-17-32)43-42(29-34)53-47(54-43,37-22-12-4-13-23-37)38-24-14-5-15-25-38/h1-30H,31H2. The average Bonchev–Trinajstić information content (AvgIpc) is 3.86. The van der Waals surface area contributed by atoms with E-state index < -0.39 is 17.5 Å². The Labute approximate surface area is 317 Å². The van der Waals surface area contributed by atoms with Gasteiger partial charge in [0.15, 0.2) is 23.0 Å². The van der Waals surface area contributed by atoms with Gasteiger partial charge in [0.25, 0.3) is 0 Å². The number of fused-ring (bicyclic) bond motifs is 2. The number of esters is 1. The van der Waals surface area contributed by atoms with Gasteiger partial charge in [0.05, 0.1) is 5.56 Å². The second-order valence-corrected chi connectivity index (χ2v) is 13.0. The number of benzene rings is 7. The maximum Gasteiger partial charge on any atom is 0.343 e. The van der Waals surface area contributed by atoms with E-state index in [2.05, 4.69) is 0 Å². The Kier molecular flexibility index (Phi) is 8.48. The van der Waals surface area contributed by atoms with Crippen molar-refractivity contribution in [2.45, 2.75) is 18.2 Å². The van der Waals surface area contributed by atoms with Gasteiger partial charge >= 0.3 is 17.5 Å². The van der Waals surface area contributed by atoms with Crippen molar-refractivity contribution in [2.75, 3.05) is 0 Å². The summed E-state index contributed by atoms with van der Waals surface area (Å²) in [5.41, 5.74) is 4.17. The lowest BCUT2D eigenvalue weighted by Gasteiger charge is -2.28. The van der Waals surface area contributed by atoms with E-state index in [0.717, 1.165) is 16.7 Å². The highest BCUT2D eigenvalue weighted by molar-refractivity contribution is 5.94. The van der Waals surface area contributed by atoms with Gasteiger partial charge in [0.2, 0.25) is 11.5 Å². The zero-order chi connectivity index (χ0) is 37.2. The molecule has 7 aromatic carbocycles. The summed E-state index contributed by atoms with van der Waals surface area (Å²) in [6.07, 6.45) is 0.662. The summed E-state index contributed by atoms with van der Waals surface area (Å²) in [6, 6.07) is 53.9. The fourth-order valence-electron chi connectivity index (χ4n) is 6.86. The predicted octanol–water partition coefficient (Wildman–Crippen LogP) is 9.64. The summed E-state index contributed by atoms with van der Waals surface area (Å²) in [4.78, 5) is 26.5. The van der Waals surface area contributed by atoms with Crippen LogP contribution in [-0.4, -0.2) is 12.3 Å². The number of hydrogen-bond acceptors (Lipinski definition) is 8. The Morgan fingerprint density at radius 3 is 1.42 bits per heavy atom. The first-order valence-corrected chi connectivity index (χ1v) is 17.7. The summed E-state index contributed by atoms with van der Waals surface area (Å²) >= 11 is 0. The Bertz CT molecular complexity index is 2410. The van der Waals surface area contributed by atoms with Crippen molar-refractivity contribution in [3.63, 3.8) is 0 Å². The summed E-state index contributed by atoms with van der Waals surface area (Å²) in [6.45, 7) is 0.194. The third-order valence-corrected chi connectivity index (χ3v) is 9.49. The first-order chi connectivity index (χ1) is 27.0. The van der Waals surface area contributed by atoms with Crippen LogP contribution in [0, 0.1) is 0 Å². The van der Waals surface area contributed by atoms with Gasteiger partial charge in [-0.3, -0.25) is 4.79 Å². The lowest BCUT2D eigenvalue weighted by atomic mass is 9.97. The molecule has 55 heavy (non-hydrogen) atoms. The van der Waals surface area contributed by atoms with Gasteiger partial charge < -0.3 is 28.4 Å². The van der Waals surface area contributed by atoms with E-state index in [1.165, 1.54) is 6.07 Å². The van der Waals surface area contributed by atoms with Crippen molar-refractivity contribution in [1.29, 1.82) is 0 Å². The maximum absolute atomic E-state index is 14.3. The summed E-state index contributed by atoms with van der Waals surface area (Å²) < 4.78 is 39.2. The van der Waals surface area contributed by atoms with Gasteiger partial charge in [-0.05, 0) is 29.8 Å². The van der Waals surface area contributed by atoms with Crippen LogP contribution in [-0.2, 0) is 18.2 Å². The highest BCUT2D eigenvalue weighted by atomic mass is 16.7. The second-order valence-electron chi connectivity index (χ2n) is 13.0. The molecule has 0 unspecified atom stereocenters. The summed E-state index contributed by atoms with van der Waals surface area (Å²) in [5, 5.41) is 0. The van der Waals surface area contributed by atoms with Crippen LogP contribution >= 0.6 is 0 Å². The molecule has 0 radical (unpaired) electrons. The van der Waals surface area contributed by atoms with Crippen LogP contribution in [0.25, 0.3) is 0 Å². The summed E-state index contributed by atoms with van der Waals surface area (Å²) in [5.74, 6) is -2.23. The van der Waals surface area contributed by atoms with E-state index in [9.17, 15) is 9.59 Å². The number of carbonyl (C=O) groups is 2. The number of carbonyl (C=O) groups excluding carboxylic acids is 2. The maximum atomic E-state index is 14.3. The highest BCUT2D eigenvalue weighted by Gasteiger charge is 2.49. The van der Waals surface area contributed by atoms with Crippen LogP contribution in [0.4, 0.5) is 0 Å². The van der Waals surface area contributed by atoms with Gasteiger partial charge in [-0.25, -0.2) is 4.79 Å². The zero-order valence-electron chi connectivity index (χ0n) is 29.3. The Morgan fingerprint density at radius 1 is 0.509 bits per heavy atom. The highest BCUT2D eigenvalue weighted by Crippen LogP contribution is 2.54. The van der Waals surface area contributed by atoms with Gasteiger partial charge in [-0.2, -0.15) is 0 Å². The predicted molar refractivity (Wildman–Crippen MR) is 204 cm³/mol. The van der Waals surface area contributed by atoms with E-state index in [0.29, 0.717) is 23.2 Å². The minimum absolute atomic E-state index is 0.00526. The number of hydrogen-bond donors (Lipinski definition) is 0. The molecule has 0 saturated heterocycles. The zero-order valence-corrected chi connectivity index (χ0v) is 29.3. The Balaban J connectivity index is 1.11. The van der Waals surface area contributed by atoms with Crippen molar-refractivity contribution in [3.05, 3.63) is 215 Å². The van der Waals surface area contributed by atoms with Gasteiger partial charge in [-0.1, -0.05) is 152 Å². The molecular formula is C47H32O8. The minimum Gasteiger partial charge on any atom is -0.485 e. The molecule has 2 heterocycles. The third-order valence-electron chi connectivity index (χ3n) is 9.49. The van der Waals surface area contributed by atoms with Crippen LogP contribution in [0.1, 0.15) is 48.5 Å². The second kappa shape index (κ2) is 13.9. The molecule has 0 N–H and O–H groups in total. The van der Waals surface area contributed by atoms with Gasteiger partial charge in [-0.15, -0.1) is 0 Å². The van der Waals surface area contributed by atoms with Crippen molar-refractivity contribution in [2.24, 2.45) is 0 Å². The van der Waals surface area contributed by atoms with Crippen molar-refractivity contribution in [1.82, 2.24) is 0 Å². The average molecular weight is 725 g/mol.